The van der Waals surface area contributed by atoms with Crippen LogP contribution in [0.1, 0.15) is 37.0 Å². The second-order valence-electron chi connectivity index (χ2n) is 6.14. The van der Waals surface area contributed by atoms with Crippen molar-refractivity contribution in [1.29, 1.82) is 0 Å². The fourth-order valence-corrected chi connectivity index (χ4v) is 4.06. The van der Waals surface area contributed by atoms with Gasteiger partial charge in [0.15, 0.2) is 11.6 Å². The Morgan fingerprint density at radius 3 is 2.46 bits per heavy atom. The molecule has 0 aliphatic rings. The molecule has 2 amide bonds. The summed E-state index contributed by atoms with van der Waals surface area (Å²) in [7, 11) is 0. The molecule has 0 aromatic carbocycles. The topological polar surface area (TPSA) is 110 Å². The summed E-state index contributed by atoms with van der Waals surface area (Å²) < 4.78 is 10.5. The van der Waals surface area contributed by atoms with Crippen LogP contribution in [0.5, 0.6) is 0 Å². The fourth-order valence-electron chi connectivity index (χ4n) is 2.93. The van der Waals surface area contributed by atoms with E-state index >= 15 is 0 Å². The van der Waals surface area contributed by atoms with Crippen molar-refractivity contribution in [2.75, 3.05) is 0 Å². The molecule has 4 heterocycles. The van der Waals surface area contributed by atoms with Gasteiger partial charge in [0.1, 0.15) is 10.6 Å². The Bertz CT molecular complexity index is 1190. The summed E-state index contributed by atoms with van der Waals surface area (Å²) in [6, 6.07) is 5.08. The highest BCUT2D eigenvalue weighted by Crippen LogP contribution is 2.32. The molecule has 0 aliphatic heterocycles. The van der Waals surface area contributed by atoms with Crippen LogP contribution in [-0.4, -0.2) is 21.8 Å². The number of nitrogens with one attached hydrogen (secondary N) is 2. The number of fused-ring (bicyclic) bond motifs is 1. The van der Waals surface area contributed by atoms with Gasteiger partial charge in [-0.05, 0) is 44.5 Å². The van der Waals surface area contributed by atoms with Gasteiger partial charge in [0.2, 0.25) is 0 Å². The first-order chi connectivity index (χ1) is 13.5. The van der Waals surface area contributed by atoms with Gasteiger partial charge in [-0.15, -0.1) is 11.3 Å². The number of hydrogen-bond acceptors (Lipinski definition) is 7. The van der Waals surface area contributed by atoms with Crippen LogP contribution >= 0.6 is 11.3 Å². The van der Waals surface area contributed by atoms with Gasteiger partial charge in [0.25, 0.3) is 11.8 Å². The van der Waals surface area contributed by atoms with Gasteiger partial charge in [-0.25, -0.2) is 9.97 Å². The Kier molecular flexibility index (Phi) is 4.44. The number of aryl methyl sites for hydroxylation is 3. The number of nitrogens with zero attached hydrogens (tertiary/aromatic N) is 2. The van der Waals surface area contributed by atoms with Crippen LogP contribution < -0.4 is 10.9 Å². The van der Waals surface area contributed by atoms with Crippen molar-refractivity contribution < 1.29 is 18.4 Å². The Morgan fingerprint density at radius 1 is 1.00 bits per heavy atom. The lowest BCUT2D eigenvalue weighted by Crippen LogP contribution is -2.41. The Balaban J connectivity index is 1.60. The van der Waals surface area contributed by atoms with Crippen LogP contribution in [0, 0.1) is 20.8 Å². The molecule has 0 radical (unpaired) electrons. The molecular weight excluding hydrogens is 380 g/mol. The van der Waals surface area contributed by atoms with E-state index < -0.39 is 11.8 Å². The first kappa shape index (κ1) is 17.9. The first-order valence-corrected chi connectivity index (χ1v) is 9.23. The highest BCUT2D eigenvalue weighted by atomic mass is 32.1. The van der Waals surface area contributed by atoms with Crippen molar-refractivity contribution in [3.63, 3.8) is 0 Å². The van der Waals surface area contributed by atoms with Gasteiger partial charge in [0, 0.05) is 5.39 Å². The number of furan rings is 2. The van der Waals surface area contributed by atoms with E-state index in [2.05, 4.69) is 20.8 Å². The SMILES string of the molecule is Cc1occc1C(=O)NNC(=O)c1sc2nc(-c3ccco3)nc(C)c2c1C. The van der Waals surface area contributed by atoms with Crippen LogP contribution in [0.4, 0.5) is 0 Å². The standard InChI is InChI=1S/C19H16N4O4S/c1-9-14-10(2)20-16(13-5-4-7-27-13)21-19(14)28-15(9)18(25)23-22-17(24)12-6-8-26-11(12)3/h4-8H,1-3H3,(H,22,24)(H,23,25). The smallest absolute Gasteiger partial charge is 0.280 e. The zero-order valence-corrected chi connectivity index (χ0v) is 16.1. The fraction of sp³-hybridized carbons (Fsp3) is 0.158. The highest BCUT2D eigenvalue weighted by molar-refractivity contribution is 7.20. The van der Waals surface area contributed by atoms with Gasteiger partial charge >= 0.3 is 0 Å². The molecule has 4 aromatic rings. The van der Waals surface area contributed by atoms with E-state index in [1.807, 2.05) is 13.8 Å². The average molecular weight is 396 g/mol. The molecule has 0 saturated carbocycles. The third-order valence-electron chi connectivity index (χ3n) is 4.31. The minimum absolute atomic E-state index is 0.359. The van der Waals surface area contributed by atoms with Gasteiger partial charge in [-0.1, -0.05) is 0 Å². The molecule has 142 valence electrons. The van der Waals surface area contributed by atoms with E-state index in [0.717, 1.165) is 16.6 Å². The minimum atomic E-state index is -0.450. The maximum absolute atomic E-state index is 12.6. The van der Waals surface area contributed by atoms with Crippen molar-refractivity contribution in [2.45, 2.75) is 20.8 Å². The molecule has 0 spiro atoms. The molecule has 9 heteroatoms. The van der Waals surface area contributed by atoms with Gasteiger partial charge in [-0.3, -0.25) is 20.4 Å². The summed E-state index contributed by atoms with van der Waals surface area (Å²) >= 11 is 1.24. The number of carbonyl (C=O) groups excluding carboxylic acids is 2. The number of thiophene rings is 1. The van der Waals surface area contributed by atoms with E-state index in [0.29, 0.717) is 32.6 Å². The van der Waals surface area contributed by atoms with E-state index in [-0.39, 0.29) is 0 Å². The number of carbonyl (C=O) groups is 2. The van der Waals surface area contributed by atoms with Crippen molar-refractivity contribution in [3.8, 4) is 11.6 Å². The third-order valence-corrected chi connectivity index (χ3v) is 5.50. The van der Waals surface area contributed by atoms with E-state index in [9.17, 15) is 9.59 Å². The van der Waals surface area contributed by atoms with Gasteiger partial charge in [0.05, 0.1) is 28.7 Å². The van der Waals surface area contributed by atoms with E-state index in [1.165, 1.54) is 23.7 Å². The molecule has 0 unspecified atom stereocenters. The van der Waals surface area contributed by atoms with Crippen molar-refractivity contribution >= 4 is 33.4 Å². The highest BCUT2D eigenvalue weighted by Gasteiger charge is 2.21. The van der Waals surface area contributed by atoms with Gasteiger partial charge < -0.3 is 8.83 Å². The quantitative estimate of drug-likeness (QED) is 0.513. The number of hydrogen-bond donors (Lipinski definition) is 2. The van der Waals surface area contributed by atoms with Crippen LogP contribution in [0.2, 0.25) is 0 Å². The summed E-state index contributed by atoms with van der Waals surface area (Å²) in [5, 5.41) is 0.822. The Hall–Kier alpha value is -3.46. The molecule has 4 aromatic heterocycles. The molecule has 0 fully saturated rings. The van der Waals surface area contributed by atoms with Crippen molar-refractivity contribution in [1.82, 2.24) is 20.8 Å². The van der Waals surface area contributed by atoms with Crippen molar-refractivity contribution in [2.24, 2.45) is 0 Å². The van der Waals surface area contributed by atoms with Crippen LogP contribution in [0.25, 0.3) is 21.8 Å². The van der Waals surface area contributed by atoms with Gasteiger partial charge in [-0.2, -0.15) is 0 Å². The summed E-state index contributed by atoms with van der Waals surface area (Å²) in [5.41, 5.74) is 6.71. The minimum Gasteiger partial charge on any atom is -0.469 e. The number of rotatable bonds is 3. The molecule has 0 atom stereocenters. The normalized spacial score (nSPS) is 11.0. The van der Waals surface area contributed by atoms with E-state index in [4.69, 9.17) is 8.83 Å². The summed E-state index contributed by atoms with van der Waals surface area (Å²) in [5.74, 6) is 0.626. The van der Waals surface area contributed by atoms with Crippen LogP contribution in [-0.2, 0) is 0 Å². The largest absolute Gasteiger partial charge is 0.469 e. The maximum atomic E-state index is 12.6. The lowest BCUT2D eigenvalue weighted by molar-refractivity contribution is 0.0847. The number of hydrazine groups is 1. The lowest BCUT2D eigenvalue weighted by atomic mass is 10.1. The molecule has 0 aliphatic carbocycles. The summed E-state index contributed by atoms with van der Waals surface area (Å²) in [6.07, 6.45) is 2.97. The monoisotopic (exact) mass is 396 g/mol. The Labute approximate surface area is 163 Å². The second-order valence-corrected chi connectivity index (χ2v) is 7.14. The van der Waals surface area contributed by atoms with Crippen molar-refractivity contribution in [3.05, 3.63) is 58.2 Å². The maximum Gasteiger partial charge on any atom is 0.280 e. The third kappa shape index (κ3) is 3.05. The molecule has 28 heavy (non-hydrogen) atoms. The van der Waals surface area contributed by atoms with Crippen LogP contribution in [0.3, 0.4) is 0 Å². The number of amides is 2. The first-order valence-electron chi connectivity index (χ1n) is 8.42. The van der Waals surface area contributed by atoms with E-state index in [1.54, 1.807) is 25.3 Å². The number of aromatic nitrogens is 2. The predicted octanol–water partition coefficient (Wildman–Crippen LogP) is 3.54. The molecule has 2 N–H and O–H groups in total. The summed E-state index contributed by atoms with van der Waals surface area (Å²) in [4.78, 5) is 34.9. The average Bonchev–Trinajstić information content (AvgIpc) is 3.40. The zero-order valence-electron chi connectivity index (χ0n) is 15.3. The molecule has 0 saturated heterocycles. The lowest BCUT2D eigenvalue weighted by Gasteiger charge is -2.06. The predicted molar refractivity (Wildman–Crippen MR) is 103 cm³/mol. The van der Waals surface area contributed by atoms with Crippen LogP contribution in [0.15, 0.2) is 39.6 Å². The molecule has 4 rings (SSSR count). The Morgan fingerprint density at radius 2 is 1.79 bits per heavy atom. The molecular formula is C19H16N4O4S. The zero-order chi connectivity index (χ0) is 19.8. The second kappa shape index (κ2) is 6.93. The molecule has 8 nitrogen and oxygen atoms in total. The molecule has 0 bridgehead atoms. The summed E-state index contributed by atoms with van der Waals surface area (Å²) in [6.45, 7) is 5.37.